The van der Waals surface area contributed by atoms with Crippen LogP contribution in [0.4, 0.5) is 5.69 Å². The van der Waals surface area contributed by atoms with E-state index in [9.17, 15) is 8.42 Å². The fraction of sp³-hybridized carbons (Fsp3) is 0.154. The van der Waals surface area contributed by atoms with Crippen LogP contribution in [0.25, 0.3) is 0 Å². The highest BCUT2D eigenvalue weighted by Crippen LogP contribution is 2.27. The van der Waals surface area contributed by atoms with Gasteiger partial charge in [0.1, 0.15) is 16.5 Å². The number of nitrogens with zero attached hydrogens (tertiary/aromatic N) is 1. The van der Waals surface area contributed by atoms with E-state index >= 15 is 0 Å². The lowest BCUT2D eigenvalue weighted by molar-refractivity contribution is 0.530. The van der Waals surface area contributed by atoms with Crippen molar-refractivity contribution in [3.8, 4) is 0 Å². The van der Waals surface area contributed by atoms with Crippen molar-refractivity contribution < 1.29 is 12.8 Å². The first-order valence-electron chi connectivity index (χ1n) is 5.95. The van der Waals surface area contributed by atoms with Crippen molar-refractivity contribution in [3.63, 3.8) is 0 Å². The van der Waals surface area contributed by atoms with Gasteiger partial charge < -0.3 is 9.73 Å². The monoisotopic (exact) mass is 308 g/mol. The third-order valence-electron chi connectivity index (χ3n) is 2.74. The number of thioether (sulfide) groups is 1. The molecule has 0 fully saturated rings. The number of para-hydroxylation sites is 1. The van der Waals surface area contributed by atoms with Crippen molar-refractivity contribution in [2.75, 3.05) is 11.1 Å². The molecule has 1 aromatic heterocycles. The normalized spacial score (nSPS) is 16.1. The van der Waals surface area contributed by atoms with Gasteiger partial charge in [-0.15, -0.1) is 16.2 Å². The minimum absolute atomic E-state index is 0.222. The molecular weight excluding hydrogens is 296 g/mol. The van der Waals surface area contributed by atoms with Gasteiger partial charge in [-0.3, -0.25) is 0 Å². The molecule has 104 valence electrons. The quantitative estimate of drug-likeness (QED) is 0.940. The number of anilines is 1. The van der Waals surface area contributed by atoms with E-state index in [1.807, 2.05) is 12.1 Å². The van der Waals surface area contributed by atoms with Crippen LogP contribution in [0.1, 0.15) is 5.76 Å². The van der Waals surface area contributed by atoms with Crippen molar-refractivity contribution in [3.05, 3.63) is 48.4 Å². The van der Waals surface area contributed by atoms with E-state index in [1.165, 1.54) is 0 Å². The van der Waals surface area contributed by atoms with Gasteiger partial charge in [0.05, 0.1) is 23.5 Å². The summed E-state index contributed by atoms with van der Waals surface area (Å²) in [5, 5.41) is 3.05. The van der Waals surface area contributed by atoms with E-state index in [1.54, 1.807) is 42.3 Å². The first-order chi connectivity index (χ1) is 9.65. The molecular formula is C13H12N2O3S2. The van der Waals surface area contributed by atoms with Crippen LogP contribution in [0.3, 0.4) is 0 Å². The third kappa shape index (κ3) is 2.73. The summed E-state index contributed by atoms with van der Waals surface area (Å²) in [7, 11) is -3.59. The molecule has 0 atom stereocenters. The highest BCUT2D eigenvalue weighted by Gasteiger charge is 2.23. The zero-order valence-corrected chi connectivity index (χ0v) is 12.1. The first-order valence-corrected chi connectivity index (χ1v) is 8.55. The molecule has 0 bridgehead atoms. The number of amidine groups is 1. The van der Waals surface area contributed by atoms with Crippen LogP contribution in [-0.2, 0) is 15.8 Å². The number of hydrogen-bond donors (Lipinski definition) is 1. The number of benzene rings is 1. The summed E-state index contributed by atoms with van der Waals surface area (Å²) >= 11 is 1.54. The number of rotatable bonds is 4. The first kappa shape index (κ1) is 13.3. The Kier molecular flexibility index (Phi) is 3.54. The predicted octanol–water partition coefficient (Wildman–Crippen LogP) is 2.73. The van der Waals surface area contributed by atoms with Gasteiger partial charge in [-0.2, -0.15) is 8.42 Å². The van der Waals surface area contributed by atoms with Gasteiger partial charge in [-0.25, -0.2) is 0 Å². The second-order valence-electron chi connectivity index (χ2n) is 4.21. The maximum Gasteiger partial charge on any atom is 0.286 e. The van der Waals surface area contributed by atoms with Crippen LogP contribution < -0.4 is 5.32 Å². The largest absolute Gasteiger partial charge is 0.468 e. The highest BCUT2D eigenvalue weighted by molar-refractivity contribution is 7.99. The van der Waals surface area contributed by atoms with Crippen molar-refractivity contribution in [1.29, 1.82) is 0 Å². The zero-order valence-electron chi connectivity index (χ0n) is 10.4. The summed E-state index contributed by atoms with van der Waals surface area (Å²) in [5.74, 6) is 2.46. The van der Waals surface area contributed by atoms with Crippen LogP contribution >= 0.6 is 11.8 Å². The summed E-state index contributed by atoms with van der Waals surface area (Å²) in [4.78, 5) is 0.222. The molecule has 20 heavy (non-hydrogen) atoms. The molecule has 1 aliphatic heterocycles. The van der Waals surface area contributed by atoms with Crippen LogP contribution in [0, 0.1) is 0 Å². The topological polar surface area (TPSA) is 71.7 Å². The second kappa shape index (κ2) is 5.34. The average molecular weight is 308 g/mol. The van der Waals surface area contributed by atoms with Gasteiger partial charge in [-0.1, -0.05) is 12.1 Å². The number of hydrogen-bond acceptors (Lipinski definition) is 5. The lowest BCUT2D eigenvalue weighted by atomic mass is 10.3. The van der Waals surface area contributed by atoms with Gasteiger partial charge in [0.25, 0.3) is 10.0 Å². The highest BCUT2D eigenvalue weighted by atomic mass is 32.2. The van der Waals surface area contributed by atoms with Gasteiger partial charge in [0.15, 0.2) is 0 Å². The minimum Gasteiger partial charge on any atom is -0.468 e. The van der Waals surface area contributed by atoms with Crippen LogP contribution in [0.2, 0.25) is 0 Å². The Labute approximate surface area is 121 Å². The molecule has 2 heterocycles. The molecule has 0 aliphatic carbocycles. The van der Waals surface area contributed by atoms with E-state index < -0.39 is 10.0 Å². The number of furan rings is 1. The van der Waals surface area contributed by atoms with Crippen molar-refractivity contribution in [1.82, 2.24) is 0 Å². The molecule has 5 nitrogen and oxygen atoms in total. The molecule has 0 saturated heterocycles. The van der Waals surface area contributed by atoms with Crippen molar-refractivity contribution in [2.24, 2.45) is 4.40 Å². The Bertz CT molecular complexity index is 737. The summed E-state index contributed by atoms with van der Waals surface area (Å²) in [6, 6.07) is 10.5. The van der Waals surface area contributed by atoms with Gasteiger partial charge in [-0.05, 0) is 24.3 Å². The number of nitrogens with one attached hydrogen (secondary N) is 1. The van der Waals surface area contributed by atoms with Crippen LogP contribution in [-0.4, -0.2) is 20.0 Å². The van der Waals surface area contributed by atoms with Crippen molar-refractivity contribution >= 4 is 33.3 Å². The molecule has 0 spiro atoms. The summed E-state index contributed by atoms with van der Waals surface area (Å²) in [6.45, 7) is 0. The standard InChI is InChI=1S/C13H12N2O3S2/c16-20(17)12-6-2-1-5-11(12)14-13(15-20)9-19-8-10-4-3-7-18-10/h1-7H,8-9H2,(H,14,15). The summed E-state index contributed by atoms with van der Waals surface area (Å²) in [5.41, 5.74) is 0.580. The maximum absolute atomic E-state index is 12.0. The van der Waals surface area contributed by atoms with Crippen molar-refractivity contribution in [2.45, 2.75) is 10.6 Å². The fourth-order valence-corrected chi connectivity index (χ4v) is 3.90. The van der Waals surface area contributed by atoms with Gasteiger partial charge in [0.2, 0.25) is 0 Å². The van der Waals surface area contributed by atoms with Gasteiger partial charge in [0, 0.05) is 0 Å². The maximum atomic E-state index is 12.0. The molecule has 0 unspecified atom stereocenters. The Morgan fingerprint density at radius 3 is 2.80 bits per heavy atom. The van der Waals surface area contributed by atoms with Gasteiger partial charge >= 0.3 is 0 Å². The molecule has 1 N–H and O–H groups in total. The second-order valence-corrected chi connectivity index (χ2v) is 6.76. The molecule has 3 rings (SSSR count). The smallest absolute Gasteiger partial charge is 0.286 e. The Morgan fingerprint density at radius 2 is 2.00 bits per heavy atom. The molecule has 0 saturated carbocycles. The molecule has 2 aromatic rings. The lowest BCUT2D eigenvalue weighted by Crippen LogP contribution is -2.23. The van der Waals surface area contributed by atoms with Crippen LogP contribution in [0.15, 0.2) is 56.4 Å². The lowest BCUT2D eigenvalue weighted by Gasteiger charge is -2.17. The molecule has 7 heteroatoms. The average Bonchev–Trinajstić information content (AvgIpc) is 2.91. The van der Waals surface area contributed by atoms with E-state index in [4.69, 9.17) is 4.42 Å². The Hall–Kier alpha value is -1.73. The van der Waals surface area contributed by atoms with E-state index in [0.717, 1.165) is 5.76 Å². The van der Waals surface area contributed by atoms with E-state index in [-0.39, 0.29) is 4.90 Å². The van der Waals surface area contributed by atoms with Crippen LogP contribution in [0.5, 0.6) is 0 Å². The van der Waals surface area contributed by atoms with E-state index in [2.05, 4.69) is 9.71 Å². The van der Waals surface area contributed by atoms with E-state index in [0.29, 0.717) is 23.0 Å². The molecule has 0 amide bonds. The number of fused-ring (bicyclic) bond motifs is 1. The third-order valence-corrected chi connectivity index (χ3v) is 5.08. The summed E-state index contributed by atoms with van der Waals surface area (Å²) in [6.07, 6.45) is 1.62. The molecule has 0 radical (unpaired) electrons. The SMILES string of the molecule is O=S1(=O)N=C(CSCc2ccco2)Nc2ccccc21. The fourth-order valence-electron chi connectivity index (χ4n) is 1.87. The molecule has 1 aromatic carbocycles. The molecule has 1 aliphatic rings. The predicted molar refractivity (Wildman–Crippen MR) is 79.6 cm³/mol. The minimum atomic E-state index is -3.59. The number of sulfonamides is 1. The Morgan fingerprint density at radius 1 is 1.15 bits per heavy atom. The zero-order chi connectivity index (χ0) is 14.0. The Balaban J connectivity index is 1.71. The summed E-state index contributed by atoms with van der Waals surface area (Å²) < 4.78 is 33.1.